The first-order valence-electron chi connectivity index (χ1n) is 23.3. The van der Waals surface area contributed by atoms with Crippen molar-refractivity contribution in [1.82, 2.24) is 0 Å². The Balaban J connectivity index is 0.000000451. The Kier molecular flexibility index (Phi) is 19.5. The van der Waals surface area contributed by atoms with Crippen LogP contribution in [0.25, 0.3) is 0 Å². The Bertz CT molecular complexity index is 1510. The van der Waals surface area contributed by atoms with Gasteiger partial charge in [-0.25, -0.2) is 0 Å². The molecule has 1 heterocycles. The quantitative estimate of drug-likeness (QED) is 0.131. The third-order valence-corrected chi connectivity index (χ3v) is 17.9. The molecule has 63 heavy (non-hydrogen) atoms. The van der Waals surface area contributed by atoms with Crippen LogP contribution in [-0.4, -0.2) is 52.0 Å². The first-order valence-corrected chi connectivity index (χ1v) is 23.3. The lowest BCUT2D eigenvalue weighted by Gasteiger charge is -2.59. The molecular formula is C55H102O8. The van der Waals surface area contributed by atoms with Crippen LogP contribution in [0.3, 0.4) is 0 Å². The van der Waals surface area contributed by atoms with E-state index in [4.69, 9.17) is 18.9 Å². The van der Waals surface area contributed by atoms with Crippen LogP contribution < -0.4 is 0 Å². The van der Waals surface area contributed by atoms with Gasteiger partial charge in [-0.15, -0.1) is 0 Å². The zero-order valence-corrected chi connectivity index (χ0v) is 37.4. The van der Waals surface area contributed by atoms with Gasteiger partial charge in [0.25, 0.3) is 0 Å². The van der Waals surface area contributed by atoms with Gasteiger partial charge < -0.3 is 24.1 Å². The number of hydrogen-bond donors (Lipinski definition) is 1. The summed E-state index contributed by atoms with van der Waals surface area (Å²) >= 11 is 0. The summed E-state index contributed by atoms with van der Waals surface area (Å²) in [5, 5.41) is 10.6. The number of aliphatic hydroxyl groups is 1. The van der Waals surface area contributed by atoms with E-state index in [1.807, 2.05) is 34.6 Å². The monoisotopic (exact) mass is 891 g/mol. The summed E-state index contributed by atoms with van der Waals surface area (Å²) in [6, 6.07) is 0. The topological polar surface area (TPSA) is 108 Å². The molecule has 12 bridgehead atoms. The Hall–Kier alpha value is -2.09. The molecule has 1 aliphatic heterocycles. The normalized spacial score (nSPS) is 38.9. The van der Waals surface area contributed by atoms with Crippen molar-refractivity contribution in [3.05, 3.63) is 12.3 Å². The summed E-state index contributed by atoms with van der Waals surface area (Å²) in [7, 11) is 0. The molecule has 0 spiro atoms. The van der Waals surface area contributed by atoms with Gasteiger partial charge in [-0.2, -0.15) is 0 Å². The molecule has 11 saturated carbocycles. The third kappa shape index (κ3) is 11.2. The van der Waals surface area contributed by atoms with Gasteiger partial charge in [-0.05, 0) is 173 Å². The molecule has 7 unspecified atom stereocenters. The molecule has 8 heteroatoms. The summed E-state index contributed by atoms with van der Waals surface area (Å²) in [4.78, 5) is 36.7. The van der Waals surface area contributed by atoms with E-state index in [-0.39, 0.29) is 103 Å². The fourth-order valence-corrected chi connectivity index (χ4v) is 13.3. The van der Waals surface area contributed by atoms with Crippen molar-refractivity contribution < 1.29 is 38.4 Å². The average molecular weight is 891 g/mol. The van der Waals surface area contributed by atoms with Crippen molar-refractivity contribution in [2.24, 2.45) is 69.5 Å². The van der Waals surface area contributed by atoms with Crippen LogP contribution in [0.15, 0.2) is 12.3 Å². The zero-order valence-electron chi connectivity index (χ0n) is 37.4. The maximum absolute atomic E-state index is 12.5. The number of carbonyl (C=O) groups is 3. The fourth-order valence-electron chi connectivity index (χ4n) is 13.3. The number of esters is 3. The first-order chi connectivity index (χ1) is 26.5. The number of rotatable bonds is 10. The second kappa shape index (κ2) is 20.8. The van der Waals surface area contributed by atoms with E-state index in [1.165, 1.54) is 44.9 Å². The van der Waals surface area contributed by atoms with E-state index in [1.54, 1.807) is 0 Å². The number of ether oxygens (including phenoxy) is 4. The second-order valence-corrected chi connectivity index (χ2v) is 23.1. The highest BCUT2D eigenvalue weighted by atomic mass is 16.6. The molecule has 12 rings (SSSR count). The van der Waals surface area contributed by atoms with Crippen LogP contribution >= 0.6 is 0 Å². The molecule has 0 aromatic heterocycles. The minimum Gasteiger partial charge on any atom is -0.491 e. The standard InChI is InChI=1S/C17H28O2.C16H24O3.C16H26O3.6CH4/c1-5-16(2,3)15(18)19-17(4)13-7-11-6-12(9-13)10-14(17)8-11;1-5-16(3,4)9(2)18-13-10-6-7-11-12(8-10)15(17)19-14(11)13;1-4-14(2,3)13(17)19-16-8-11-5-12(9-16)7-15(18,6-11)10-16;;;;;;/h11-14H,5-10H2,1-4H3;10-14H,2,5-8H2,1,3-4H3;11-12,18H,4-10H2,1-3H3;6*1H4. The zero-order chi connectivity index (χ0) is 41.5. The van der Waals surface area contributed by atoms with E-state index >= 15 is 0 Å². The van der Waals surface area contributed by atoms with Gasteiger partial charge in [0.05, 0.1) is 28.1 Å². The Morgan fingerprint density at radius 1 is 0.683 bits per heavy atom. The lowest BCUT2D eigenvalue weighted by Crippen LogP contribution is -2.61. The molecule has 0 radical (unpaired) electrons. The highest BCUT2D eigenvalue weighted by molar-refractivity contribution is 5.77. The molecule has 8 nitrogen and oxygen atoms in total. The van der Waals surface area contributed by atoms with Crippen molar-refractivity contribution in [3.8, 4) is 0 Å². The maximum Gasteiger partial charge on any atom is 0.312 e. The van der Waals surface area contributed by atoms with E-state index in [9.17, 15) is 19.5 Å². The summed E-state index contributed by atoms with van der Waals surface area (Å²) < 4.78 is 23.9. The summed E-state index contributed by atoms with van der Waals surface area (Å²) in [5.41, 5.74) is -1.84. The molecule has 370 valence electrons. The van der Waals surface area contributed by atoms with Crippen LogP contribution in [-0.2, 0) is 33.3 Å². The van der Waals surface area contributed by atoms with E-state index < -0.39 is 11.0 Å². The van der Waals surface area contributed by atoms with E-state index in [0.717, 1.165) is 75.4 Å². The SMILES string of the molecule is C.C.C.C.C.C.C=C(OC1C2CCC3C(C2)C(=O)OC31)C(C)(C)CC.CCC(C)(C)C(=O)OC1(C)C2CC3CC(C2)CC1C3.CCC(C)(C)C(=O)OC12CC3CC(CC(O)(C3)C1)C2. The highest BCUT2D eigenvalue weighted by Gasteiger charge is 2.61. The minimum absolute atomic E-state index is 0. The van der Waals surface area contributed by atoms with Gasteiger partial charge in [-0.1, -0.05) is 85.8 Å². The van der Waals surface area contributed by atoms with E-state index in [2.05, 4.69) is 41.2 Å². The van der Waals surface area contributed by atoms with Crippen molar-refractivity contribution in [2.45, 2.75) is 252 Å². The summed E-state index contributed by atoms with van der Waals surface area (Å²) in [6.07, 6.45) is 18.2. The maximum atomic E-state index is 12.5. The second-order valence-electron chi connectivity index (χ2n) is 23.1. The van der Waals surface area contributed by atoms with Crippen LogP contribution in [0, 0.1) is 69.5 Å². The van der Waals surface area contributed by atoms with Gasteiger partial charge in [-0.3, -0.25) is 14.4 Å². The van der Waals surface area contributed by atoms with Crippen LogP contribution in [0.1, 0.15) is 223 Å². The number of carbonyl (C=O) groups excluding carboxylic acids is 3. The van der Waals surface area contributed by atoms with Gasteiger partial charge in [0.15, 0.2) is 0 Å². The minimum atomic E-state index is -0.555. The molecule has 1 N–H and O–H groups in total. The van der Waals surface area contributed by atoms with Crippen molar-refractivity contribution in [3.63, 3.8) is 0 Å². The molecule has 12 aliphatic rings. The van der Waals surface area contributed by atoms with Crippen LogP contribution in [0.4, 0.5) is 0 Å². The average Bonchev–Trinajstić information content (AvgIpc) is 3.41. The van der Waals surface area contributed by atoms with Gasteiger partial charge in [0.2, 0.25) is 0 Å². The third-order valence-electron chi connectivity index (χ3n) is 17.9. The highest BCUT2D eigenvalue weighted by Crippen LogP contribution is 2.61. The molecule has 12 fully saturated rings. The fraction of sp³-hybridized carbons (Fsp3) is 0.909. The Labute approximate surface area is 388 Å². The van der Waals surface area contributed by atoms with Gasteiger partial charge in [0.1, 0.15) is 23.4 Å². The van der Waals surface area contributed by atoms with Gasteiger partial charge in [0, 0.05) is 23.7 Å². The number of hydrogen-bond acceptors (Lipinski definition) is 8. The predicted octanol–water partition coefficient (Wildman–Crippen LogP) is 14.3. The number of fused-ring (bicyclic) bond motifs is 1. The van der Waals surface area contributed by atoms with Crippen molar-refractivity contribution in [2.75, 3.05) is 0 Å². The molecule has 7 atom stereocenters. The molecule has 0 aromatic carbocycles. The van der Waals surface area contributed by atoms with Crippen molar-refractivity contribution >= 4 is 17.9 Å². The summed E-state index contributed by atoms with van der Waals surface area (Å²) in [5.74, 6) is 6.01. The predicted molar refractivity (Wildman–Crippen MR) is 261 cm³/mol. The first kappa shape index (κ1) is 58.9. The lowest BCUT2D eigenvalue weighted by molar-refractivity contribution is -0.225. The Morgan fingerprint density at radius 3 is 1.60 bits per heavy atom. The van der Waals surface area contributed by atoms with Crippen LogP contribution in [0.5, 0.6) is 0 Å². The summed E-state index contributed by atoms with van der Waals surface area (Å²) in [6.45, 7) is 24.8. The van der Waals surface area contributed by atoms with Crippen LogP contribution in [0.2, 0.25) is 0 Å². The van der Waals surface area contributed by atoms with Crippen molar-refractivity contribution in [1.29, 1.82) is 0 Å². The molecule has 1 saturated heterocycles. The molecule has 0 aromatic rings. The lowest BCUT2D eigenvalue weighted by atomic mass is 9.50. The molecule has 11 aliphatic carbocycles. The Morgan fingerprint density at radius 2 is 1.14 bits per heavy atom. The molecule has 0 amide bonds. The largest absolute Gasteiger partial charge is 0.491 e. The molecular weight excluding hydrogens is 789 g/mol. The van der Waals surface area contributed by atoms with E-state index in [0.29, 0.717) is 41.9 Å². The number of allylic oxidation sites excluding steroid dienone is 1. The van der Waals surface area contributed by atoms with Gasteiger partial charge >= 0.3 is 17.9 Å². The smallest absolute Gasteiger partial charge is 0.312 e.